The van der Waals surface area contributed by atoms with E-state index in [4.69, 9.17) is 9.47 Å². The second-order valence-corrected chi connectivity index (χ2v) is 5.32. The van der Waals surface area contributed by atoms with E-state index in [0.29, 0.717) is 17.9 Å². The minimum atomic E-state index is 0.501. The lowest BCUT2D eigenvalue weighted by atomic mass is 9.83. The Labute approximate surface area is 108 Å². The van der Waals surface area contributed by atoms with E-state index in [9.17, 15) is 0 Å². The summed E-state index contributed by atoms with van der Waals surface area (Å²) in [5.74, 6) is 2.25. The molecule has 3 atom stereocenters. The molecule has 1 aromatic rings. The monoisotopic (exact) mass is 247 g/mol. The van der Waals surface area contributed by atoms with Crippen molar-refractivity contribution in [3.05, 3.63) is 29.8 Å². The second-order valence-electron chi connectivity index (χ2n) is 5.32. The number of fused-ring (bicyclic) bond motifs is 1. The van der Waals surface area contributed by atoms with Crippen LogP contribution in [0.3, 0.4) is 0 Å². The maximum atomic E-state index is 5.90. The van der Waals surface area contributed by atoms with Gasteiger partial charge in [-0.25, -0.2) is 0 Å². The molecule has 3 heteroatoms. The summed E-state index contributed by atoms with van der Waals surface area (Å²) < 4.78 is 11.4. The Kier molecular flexibility index (Phi) is 3.52. The molecule has 98 valence electrons. The van der Waals surface area contributed by atoms with Gasteiger partial charge < -0.3 is 14.8 Å². The first-order valence-electron chi connectivity index (χ1n) is 6.84. The van der Waals surface area contributed by atoms with Crippen molar-refractivity contribution in [2.75, 3.05) is 26.9 Å². The van der Waals surface area contributed by atoms with Crippen LogP contribution in [0.15, 0.2) is 24.3 Å². The molecule has 1 saturated heterocycles. The Morgan fingerprint density at radius 3 is 2.89 bits per heavy atom. The van der Waals surface area contributed by atoms with Gasteiger partial charge in [0.1, 0.15) is 5.75 Å². The maximum Gasteiger partial charge on any atom is 0.122 e. The highest BCUT2D eigenvalue weighted by Crippen LogP contribution is 2.31. The Bertz CT molecular complexity index is 401. The molecule has 0 spiro atoms. The predicted octanol–water partition coefficient (Wildman–Crippen LogP) is 1.86. The van der Waals surface area contributed by atoms with Crippen molar-refractivity contribution >= 4 is 0 Å². The molecule has 3 unspecified atom stereocenters. The van der Waals surface area contributed by atoms with Crippen molar-refractivity contribution in [1.29, 1.82) is 0 Å². The summed E-state index contributed by atoms with van der Waals surface area (Å²) >= 11 is 0. The van der Waals surface area contributed by atoms with Gasteiger partial charge in [-0.15, -0.1) is 0 Å². The highest BCUT2D eigenvalue weighted by molar-refractivity contribution is 5.35. The van der Waals surface area contributed by atoms with Gasteiger partial charge in [-0.3, -0.25) is 0 Å². The Morgan fingerprint density at radius 2 is 2.11 bits per heavy atom. The van der Waals surface area contributed by atoms with Crippen LogP contribution in [0.25, 0.3) is 0 Å². The van der Waals surface area contributed by atoms with Gasteiger partial charge in [0, 0.05) is 24.5 Å². The molecule has 0 aromatic heterocycles. The molecule has 1 N–H and O–H groups in total. The predicted molar refractivity (Wildman–Crippen MR) is 70.9 cm³/mol. The van der Waals surface area contributed by atoms with Crippen molar-refractivity contribution in [1.82, 2.24) is 5.32 Å². The Hall–Kier alpha value is -1.06. The van der Waals surface area contributed by atoms with Crippen molar-refractivity contribution in [3.8, 4) is 5.75 Å². The topological polar surface area (TPSA) is 30.5 Å². The van der Waals surface area contributed by atoms with Crippen LogP contribution in [0.2, 0.25) is 0 Å². The number of rotatable bonds is 3. The van der Waals surface area contributed by atoms with Crippen LogP contribution in [0.5, 0.6) is 5.75 Å². The lowest BCUT2D eigenvalue weighted by Gasteiger charge is -2.34. The summed E-state index contributed by atoms with van der Waals surface area (Å²) in [6.07, 6.45) is 2.28. The zero-order chi connectivity index (χ0) is 12.4. The molecule has 0 saturated carbocycles. The summed E-state index contributed by atoms with van der Waals surface area (Å²) in [6.45, 7) is 2.62. The van der Waals surface area contributed by atoms with Crippen LogP contribution in [-0.4, -0.2) is 32.9 Å². The summed E-state index contributed by atoms with van der Waals surface area (Å²) in [5.41, 5.74) is 1.34. The first-order chi connectivity index (χ1) is 8.88. The van der Waals surface area contributed by atoms with E-state index in [-0.39, 0.29) is 0 Å². The third kappa shape index (κ3) is 2.25. The number of benzene rings is 1. The molecule has 2 aliphatic heterocycles. The minimum Gasteiger partial charge on any atom is -0.493 e. The average molecular weight is 247 g/mol. The van der Waals surface area contributed by atoms with E-state index in [2.05, 4.69) is 30.6 Å². The van der Waals surface area contributed by atoms with Gasteiger partial charge in [0.25, 0.3) is 0 Å². The molecule has 0 radical (unpaired) electrons. The normalized spacial score (nSPS) is 28.5. The molecule has 2 aliphatic rings. The molecule has 0 bridgehead atoms. The third-order valence-corrected chi connectivity index (χ3v) is 4.22. The molecule has 1 aromatic carbocycles. The van der Waals surface area contributed by atoms with Crippen LogP contribution in [0.1, 0.15) is 12.0 Å². The van der Waals surface area contributed by atoms with Crippen LogP contribution in [-0.2, 0) is 11.2 Å². The lowest BCUT2D eigenvalue weighted by Crippen LogP contribution is -2.45. The van der Waals surface area contributed by atoms with Gasteiger partial charge >= 0.3 is 0 Å². The molecule has 2 heterocycles. The number of para-hydroxylation sites is 1. The van der Waals surface area contributed by atoms with E-state index in [1.165, 1.54) is 12.0 Å². The highest BCUT2D eigenvalue weighted by atomic mass is 16.5. The van der Waals surface area contributed by atoms with Gasteiger partial charge in [-0.2, -0.15) is 0 Å². The Morgan fingerprint density at radius 1 is 1.22 bits per heavy atom. The van der Waals surface area contributed by atoms with Crippen molar-refractivity contribution in [3.63, 3.8) is 0 Å². The molecule has 18 heavy (non-hydrogen) atoms. The van der Waals surface area contributed by atoms with Crippen molar-refractivity contribution in [2.24, 2.45) is 11.8 Å². The molecule has 3 nitrogen and oxygen atoms in total. The number of nitrogens with one attached hydrogen (secondary N) is 1. The van der Waals surface area contributed by atoms with Crippen LogP contribution in [0.4, 0.5) is 0 Å². The molecule has 1 fully saturated rings. The lowest BCUT2D eigenvalue weighted by molar-refractivity contribution is 0.135. The maximum absolute atomic E-state index is 5.90. The van der Waals surface area contributed by atoms with E-state index >= 15 is 0 Å². The van der Waals surface area contributed by atoms with Crippen molar-refractivity contribution < 1.29 is 9.47 Å². The zero-order valence-electron chi connectivity index (χ0n) is 10.9. The summed E-state index contributed by atoms with van der Waals surface area (Å²) in [6, 6.07) is 8.88. The summed E-state index contributed by atoms with van der Waals surface area (Å²) in [4.78, 5) is 0. The largest absolute Gasteiger partial charge is 0.493 e. The first-order valence-corrected chi connectivity index (χ1v) is 6.84. The fourth-order valence-electron chi connectivity index (χ4n) is 3.27. The average Bonchev–Trinajstić information content (AvgIpc) is 2.93. The van der Waals surface area contributed by atoms with E-state index in [1.807, 2.05) is 6.07 Å². The fraction of sp³-hybridized carbons (Fsp3) is 0.600. The number of ether oxygens (including phenoxy) is 2. The van der Waals surface area contributed by atoms with Crippen LogP contribution in [0, 0.1) is 11.8 Å². The highest BCUT2D eigenvalue weighted by Gasteiger charge is 2.33. The van der Waals surface area contributed by atoms with Crippen LogP contribution < -0.4 is 10.1 Å². The molecule has 3 rings (SSSR count). The van der Waals surface area contributed by atoms with Gasteiger partial charge in [-0.05, 0) is 31.5 Å². The zero-order valence-corrected chi connectivity index (χ0v) is 10.9. The number of hydrogen-bond acceptors (Lipinski definition) is 3. The second kappa shape index (κ2) is 5.29. The van der Waals surface area contributed by atoms with E-state index in [0.717, 1.165) is 32.0 Å². The molecule has 0 aliphatic carbocycles. The van der Waals surface area contributed by atoms with Crippen LogP contribution >= 0.6 is 0 Å². The Balaban J connectivity index is 1.73. The van der Waals surface area contributed by atoms with Gasteiger partial charge in [0.2, 0.25) is 0 Å². The summed E-state index contributed by atoms with van der Waals surface area (Å²) in [5, 5.41) is 3.48. The van der Waals surface area contributed by atoms with Gasteiger partial charge in [-0.1, -0.05) is 18.2 Å². The number of hydrogen-bond donors (Lipinski definition) is 1. The van der Waals surface area contributed by atoms with Gasteiger partial charge in [0.05, 0.1) is 13.2 Å². The van der Waals surface area contributed by atoms with Gasteiger partial charge in [0.15, 0.2) is 0 Å². The molecule has 0 amide bonds. The third-order valence-electron chi connectivity index (χ3n) is 4.22. The molecular weight excluding hydrogens is 226 g/mol. The van der Waals surface area contributed by atoms with E-state index in [1.54, 1.807) is 0 Å². The minimum absolute atomic E-state index is 0.501. The van der Waals surface area contributed by atoms with E-state index < -0.39 is 0 Å². The quantitative estimate of drug-likeness (QED) is 0.884. The first kappa shape index (κ1) is 12.0. The smallest absolute Gasteiger partial charge is 0.122 e. The summed E-state index contributed by atoms with van der Waals surface area (Å²) in [7, 11) is 2.06. The fourth-order valence-corrected chi connectivity index (χ4v) is 3.27. The SMILES string of the molecule is CNC(C1CCOC1)C1COc2ccccc2C1. The van der Waals surface area contributed by atoms with Crippen molar-refractivity contribution in [2.45, 2.75) is 18.9 Å². The molecular formula is C15H21NO2. The standard InChI is InChI=1S/C15H21NO2/c1-16-15(12-6-7-17-9-12)13-8-11-4-2-3-5-14(11)18-10-13/h2-5,12-13,15-16H,6-10H2,1H3.